The first-order chi connectivity index (χ1) is 4.72. The molecule has 0 amide bonds. The predicted octanol–water partition coefficient (Wildman–Crippen LogP) is 1.11. The Hall–Kier alpha value is -1.22. The molecule has 0 heterocycles. The van der Waals surface area contributed by atoms with Gasteiger partial charge >= 0.3 is 5.97 Å². The van der Waals surface area contributed by atoms with Crippen molar-refractivity contribution in [1.29, 1.82) is 0 Å². The summed E-state index contributed by atoms with van der Waals surface area (Å²) < 4.78 is 4.39. The van der Waals surface area contributed by atoms with Crippen LogP contribution in [-0.2, 0) is 9.53 Å². The Morgan fingerprint density at radius 2 is 2.50 bits per heavy atom. The number of carbonyl (C=O) groups excluding carboxylic acids is 1. The molecular formula is C5H9N3O2. The minimum absolute atomic E-state index is 0.156. The van der Waals surface area contributed by atoms with E-state index in [0.717, 1.165) is 0 Å². The largest absolute Gasteiger partial charge is 0.469 e. The van der Waals surface area contributed by atoms with Gasteiger partial charge in [-0.25, -0.2) is 0 Å². The lowest BCUT2D eigenvalue weighted by atomic mass is 10.2. The van der Waals surface area contributed by atoms with E-state index in [9.17, 15) is 4.79 Å². The molecular weight excluding hydrogens is 134 g/mol. The highest BCUT2D eigenvalue weighted by Crippen LogP contribution is 1.97. The summed E-state index contributed by atoms with van der Waals surface area (Å²) in [7, 11) is 1.30. The molecule has 1 unspecified atom stereocenters. The monoisotopic (exact) mass is 143 g/mol. The Morgan fingerprint density at radius 3 is 2.90 bits per heavy atom. The summed E-state index contributed by atoms with van der Waals surface area (Å²) in [4.78, 5) is 13.1. The first kappa shape index (κ1) is 8.78. The van der Waals surface area contributed by atoms with Crippen LogP contribution in [0.2, 0.25) is 0 Å². The summed E-state index contributed by atoms with van der Waals surface area (Å²) >= 11 is 0. The molecule has 0 fully saturated rings. The lowest BCUT2D eigenvalue weighted by Crippen LogP contribution is -2.14. The quantitative estimate of drug-likeness (QED) is 0.257. The van der Waals surface area contributed by atoms with Crippen molar-refractivity contribution in [2.24, 2.45) is 11.0 Å². The third-order valence-electron chi connectivity index (χ3n) is 1.02. The smallest absolute Gasteiger partial charge is 0.308 e. The van der Waals surface area contributed by atoms with Crippen LogP contribution in [0.1, 0.15) is 6.92 Å². The number of azide groups is 1. The average Bonchev–Trinajstić information content (AvgIpc) is 1.98. The maximum absolute atomic E-state index is 10.6. The number of hydrogen-bond acceptors (Lipinski definition) is 3. The van der Waals surface area contributed by atoms with Crippen LogP contribution in [0.5, 0.6) is 0 Å². The van der Waals surface area contributed by atoms with Crippen LogP contribution in [0.25, 0.3) is 10.4 Å². The molecule has 0 aromatic heterocycles. The van der Waals surface area contributed by atoms with Gasteiger partial charge in [-0.2, -0.15) is 0 Å². The van der Waals surface area contributed by atoms with Crippen molar-refractivity contribution < 1.29 is 9.53 Å². The molecule has 0 aromatic rings. The molecule has 0 aliphatic heterocycles. The fourth-order valence-corrected chi connectivity index (χ4v) is 0.435. The standard InChI is InChI=1S/C5H9N3O2/c1-4(3-7-8-6)5(9)10-2/h4H,3H2,1-2H3. The van der Waals surface area contributed by atoms with Gasteiger partial charge in [-0.1, -0.05) is 12.0 Å². The Kier molecular flexibility index (Phi) is 4.07. The van der Waals surface area contributed by atoms with E-state index in [2.05, 4.69) is 14.8 Å². The van der Waals surface area contributed by atoms with E-state index in [1.54, 1.807) is 6.92 Å². The third-order valence-corrected chi connectivity index (χ3v) is 1.02. The first-order valence-electron chi connectivity index (χ1n) is 2.81. The van der Waals surface area contributed by atoms with Gasteiger partial charge in [-0.05, 0) is 5.53 Å². The fourth-order valence-electron chi connectivity index (χ4n) is 0.435. The maximum Gasteiger partial charge on any atom is 0.308 e. The number of carbonyl (C=O) groups is 1. The highest BCUT2D eigenvalue weighted by atomic mass is 16.5. The van der Waals surface area contributed by atoms with Gasteiger partial charge in [0.1, 0.15) is 0 Å². The Morgan fingerprint density at radius 1 is 1.90 bits per heavy atom. The van der Waals surface area contributed by atoms with Crippen molar-refractivity contribution in [3.05, 3.63) is 10.4 Å². The average molecular weight is 143 g/mol. The number of rotatable bonds is 3. The number of nitrogens with zero attached hydrogens (tertiary/aromatic N) is 3. The van der Waals surface area contributed by atoms with Crippen LogP contribution >= 0.6 is 0 Å². The highest BCUT2D eigenvalue weighted by molar-refractivity contribution is 5.72. The van der Waals surface area contributed by atoms with E-state index >= 15 is 0 Å². The van der Waals surface area contributed by atoms with Crippen molar-refractivity contribution in [1.82, 2.24) is 0 Å². The van der Waals surface area contributed by atoms with E-state index in [1.165, 1.54) is 7.11 Å². The number of ether oxygens (including phenoxy) is 1. The molecule has 0 saturated heterocycles. The van der Waals surface area contributed by atoms with Crippen LogP contribution in [0.15, 0.2) is 5.11 Å². The molecule has 0 N–H and O–H groups in total. The lowest BCUT2D eigenvalue weighted by Gasteiger charge is -2.02. The molecule has 0 radical (unpaired) electrons. The minimum Gasteiger partial charge on any atom is -0.469 e. The second-order valence-corrected chi connectivity index (χ2v) is 1.84. The predicted molar refractivity (Wildman–Crippen MR) is 35.2 cm³/mol. The van der Waals surface area contributed by atoms with Crippen molar-refractivity contribution >= 4 is 5.97 Å². The molecule has 0 bridgehead atoms. The molecule has 0 spiro atoms. The van der Waals surface area contributed by atoms with Crippen LogP contribution in [-0.4, -0.2) is 19.6 Å². The SMILES string of the molecule is COC(=O)C(C)CN=[N+]=[N-]. The van der Waals surface area contributed by atoms with Gasteiger partial charge in [0.25, 0.3) is 0 Å². The molecule has 0 saturated carbocycles. The number of methoxy groups -OCH3 is 1. The Balaban J connectivity index is 3.72. The zero-order valence-electron chi connectivity index (χ0n) is 5.94. The summed E-state index contributed by atoms with van der Waals surface area (Å²) in [6.07, 6.45) is 0. The second kappa shape index (κ2) is 4.64. The summed E-state index contributed by atoms with van der Waals surface area (Å²) in [6.45, 7) is 1.80. The first-order valence-corrected chi connectivity index (χ1v) is 2.81. The molecule has 0 rings (SSSR count). The van der Waals surface area contributed by atoms with Gasteiger partial charge in [0.2, 0.25) is 0 Å². The molecule has 5 heteroatoms. The van der Waals surface area contributed by atoms with Crippen LogP contribution in [0.4, 0.5) is 0 Å². The Bertz CT molecular complexity index is 162. The zero-order chi connectivity index (χ0) is 7.98. The summed E-state index contributed by atoms with van der Waals surface area (Å²) in [5.74, 6) is -0.701. The van der Waals surface area contributed by atoms with Crippen LogP contribution in [0, 0.1) is 5.92 Å². The van der Waals surface area contributed by atoms with Gasteiger partial charge in [-0.3, -0.25) is 4.79 Å². The fraction of sp³-hybridized carbons (Fsp3) is 0.800. The van der Waals surface area contributed by atoms with E-state index in [-0.39, 0.29) is 18.4 Å². The van der Waals surface area contributed by atoms with E-state index in [0.29, 0.717) is 0 Å². The molecule has 1 atom stereocenters. The van der Waals surface area contributed by atoms with E-state index < -0.39 is 0 Å². The topological polar surface area (TPSA) is 75.1 Å². The minimum atomic E-state index is -0.354. The lowest BCUT2D eigenvalue weighted by molar-refractivity contribution is -0.144. The maximum atomic E-state index is 10.6. The molecule has 10 heavy (non-hydrogen) atoms. The van der Waals surface area contributed by atoms with Crippen molar-refractivity contribution in [3.63, 3.8) is 0 Å². The van der Waals surface area contributed by atoms with Crippen LogP contribution in [0.3, 0.4) is 0 Å². The summed E-state index contributed by atoms with van der Waals surface area (Å²) in [5, 5.41) is 3.22. The van der Waals surface area contributed by atoms with Crippen LogP contribution < -0.4 is 0 Å². The molecule has 56 valence electrons. The Labute approximate surface area is 58.6 Å². The molecule has 0 aliphatic rings. The normalized spacial score (nSPS) is 11.4. The molecule has 0 aromatic carbocycles. The van der Waals surface area contributed by atoms with Crippen molar-refractivity contribution in [2.45, 2.75) is 6.92 Å². The second-order valence-electron chi connectivity index (χ2n) is 1.84. The van der Waals surface area contributed by atoms with E-state index in [1.807, 2.05) is 0 Å². The summed E-state index contributed by atoms with van der Waals surface area (Å²) in [6, 6.07) is 0. The highest BCUT2D eigenvalue weighted by Gasteiger charge is 2.10. The van der Waals surface area contributed by atoms with Gasteiger partial charge < -0.3 is 4.74 Å². The number of hydrogen-bond donors (Lipinski definition) is 0. The number of esters is 1. The zero-order valence-corrected chi connectivity index (χ0v) is 5.94. The van der Waals surface area contributed by atoms with E-state index in [4.69, 9.17) is 5.53 Å². The summed E-state index contributed by atoms with van der Waals surface area (Å²) in [5.41, 5.74) is 7.88. The third kappa shape index (κ3) is 2.94. The van der Waals surface area contributed by atoms with Gasteiger partial charge in [-0.15, -0.1) is 0 Å². The van der Waals surface area contributed by atoms with Crippen molar-refractivity contribution in [2.75, 3.05) is 13.7 Å². The molecule has 5 nitrogen and oxygen atoms in total. The van der Waals surface area contributed by atoms with Crippen molar-refractivity contribution in [3.8, 4) is 0 Å². The van der Waals surface area contributed by atoms with Gasteiger partial charge in [0, 0.05) is 11.5 Å². The molecule has 0 aliphatic carbocycles. The van der Waals surface area contributed by atoms with Gasteiger partial charge in [0.15, 0.2) is 0 Å². The van der Waals surface area contributed by atoms with Gasteiger partial charge in [0.05, 0.1) is 13.0 Å².